The van der Waals surface area contributed by atoms with E-state index in [1.807, 2.05) is 0 Å². The Balaban J connectivity index is 1.14. The van der Waals surface area contributed by atoms with Crippen molar-refractivity contribution in [3.63, 3.8) is 0 Å². The summed E-state index contributed by atoms with van der Waals surface area (Å²) in [4.78, 5) is 5.59. The first-order chi connectivity index (χ1) is 32.5. The number of hydrogen-bond acceptors (Lipinski definition) is 1. The minimum absolute atomic E-state index is 0.0216. The zero-order chi connectivity index (χ0) is 44.8. The third-order valence-corrected chi connectivity index (χ3v) is 15.4. The molecule has 15 aromatic rings. The number of aromatic nitrogens is 4. The molecule has 0 amide bonds. The highest BCUT2D eigenvalue weighted by Crippen LogP contribution is 2.51. The summed E-state index contributed by atoms with van der Waals surface area (Å²) >= 11 is 0. The summed E-state index contributed by atoms with van der Waals surface area (Å²) in [6, 6.07) is 61.7. The molecule has 0 aliphatic rings. The Kier molecular flexibility index (Phi) is 6.94. The van der Waals surface area contributed by atoms with Crippen LogP contribution in [-0.4, -0.2) is 18.4 Å². The van der Waals surface area contributed by atoms with Crippen LogP contribution in [0.1, 0.15) is 52.7 Å². The smallest absolute Gasteiger partial charge is 0.146 e. The molecule has 0 saturated heterocycles. The maximum Gasteiger partial charge on any atom is 0.146 e. The molecule has 4 nitrogen and oxygen atoms in total. The maximum absolute atomic E-state index is 5.59. The van der Waals surface area contributed by atoms with Gasteiger partial charge in [0.2, 0.25) is 0 Å². The Bertz CT molecular complexity index is 4620. The highest BCUT2D eigenvalue weighted by atomic mass is 15.0. The van der Waals surface area contributed by atoms with Crippen molar-refractivity contribution in [2.75, 3.05) is 0 Å². The highest BCUT2D eigenvalue weighted by Gasteiger charge is 2.30. The molecule has 67 heavy (non-hydrogen) atoms. The number of benzene rings is 9. The van der Waals surface area contributed by atoms with Gasteiger partial charge in [-0.3, -0.25) is 4.40 Å². The first kappa shape index (κ1) is 37.3. The van der Waals surface area contributed by atoms with Gasteiger partial charge < -0.3 is 8.97 Å². The standard InChI is InChI=1S/C63H46N4/c1-62(2,3)38-25-27-52-47(31-38)55-42-21-13-11-17-36(42)29-48-57-56-49-33-39(63(4,5)6)32-46-45-28-35-16-10-12-20-41(35)54(59(45)66(58(46)49)53(56)34-64-61(57)67(52)60(48)55)37-24-26-51-44(30-37)43-22-14-15-23-50(43)65(51)40-18-8-7-9-19-40/h7-34H,1-6H3. The van der Waals surface area contributed by atoms with E-state index < -0.39 is 0 Å². The molecule has 6 aromatic heterocycles. The van der Waals surface area contributed by atoms with Gasteiger partial charge >= 0.3 is 0 Å². The van der Waals surface area contributed by atoms with Gasteiger partial charge in [0.25, 0.3) is 0 Å². The maximum atomic E-state index is 5.59. The summed E-state index contributed by atoms with van der Waals surface area (Å²) in [6.45, 7) is 14.0. The predicted molar refractivity (Wildman–Crippen MR) is 286 cm³/mol. The fraction of sp³-hybridized carbons (Fsp3) is 0.127. The summed E-state index contributed by atoms with van der Waals surface area (Å²) in [5, 5.41) is 17.7. The van der Waals surface area contributed by atoms with E-state index in [2.05, 4.69) is 225 Å². The average molecular weight is 859 g/mol. The van der Waals surface area contributed by atoms with Crippen molar-refractivity contribution in [1.82, 2.24) is 18.4 Å². The van der Waals surface area contributed by atoms with E-state index in [4.69, 9.17) is 4.98 Å². The largest absolute Gasteiger partial charge is 0.309 e. The molecule has 0 saturated carbocycles. The van der Waals surface area contributed by atoms with Crippen molar-refractivity contribution < 1.29 is 0 Å². The number of para-hydroxylation sites is 2. The van der Waals surface area contributed by atoms with Crippen LogP contribution in [-0.2, 0) is 10.8 Å². The molecule has 0 unspecified atom stereocenters. The van der Waals surface area contributed by atoms with Gasteiger partial charge in [-0.15, -0.1) is 0 Å². The Morgan fingerprint density at radius 3 is 1.78 bits per heavy atom. The van der Waals surface area contributed by atoms with Crippen molar-refractivity contribution in [2.24, 2.45) is 0 Å². The van der Waals surface area contributed by atoms with Gasteiger partial charge in [0.1, 0.15) is 5.65 Å². The van der Waals surface area contributed by atoms with Gasteiger partial charge in [-0.2, -0.15) is 0 Å². The van der Waals surface area contributed by atoms with Crippen LogP contribution in [0.2, 0.25) is 0 Å². The topological polar surface area (TPSA) is 26.6 Å². The van der Waals surface area contributed by atoms with E-state index in [0.29, 0.717) is 0 Å². The first-order valence-corrected chi connectivity index (χ1v) is 23.7. The lowest BCUT2D eigenvalue weighted by atomic mass is 9.85. The van der Waals surface area contributed by atoms with Crippen LogP contribution < -0.4 is 0 Å². The van der Waals surface area contributed by atoms with Crippen LogP contribution in [0, 0.1) is 0 Å². The molecular formula is C63H46N4. The number of fused-ring (bicyclic) bond motifs is 19. The van der Waals surface area contributed by atoms with E-state index >= 15 is 0 Å². The lowest BCUT2D eigenvalue weighted by Gasteiger charge is -2.19. The Morgan fingerprint density at radius 1 is 0.373 bits per heavy atom. The molecule has 0 spiro atoms. The quantitative estimate of drug-likeness (QED) is 0.170. The van der Waals surface area contributed by atoms with Crippen molar-refractivity contribution >= 4 is 120 Å². The Labute approximate surface area is 386 Å². The van der Waals surface area contributed by atoms with Crippen LogP contribution >= 0.6 is 0 Å². The Morgan fingerprint density at radius 2 is 0.985 bits per heavy atom. The monoisotopic (exact) mass is 858 g/mol. The van der Waals surface area contributed by atoms with Gasteiger partial charge in [0.15, 0.2) is 0 Å². The lowest BCUT2D eigenvalue weighted by molar-refractivity contribution is 0.591. The molecule has 0 aliphatic heterocycles. The summed E-state index contributed by atoms with van der Waals surface area (Å²) < 4.78 is 7.48. The van der Waals surface area contributed by atoms with E-state index in [1.54, 1.807) is 0 Å². The number of pyridine rings is 1. The molecule has 0 radical (unpaired) electrons. The normalized spacial score (nSPS) is 13.2. The molecule has 0 aliphatic carbocycles. The second-order valence-corrected chi connectivity index (χ2v) is 21.2. The van der Waals surface area contributed by atoms with Crippen LogP contribution in [0.25, 0.3) is 136 Å². The summed E-state index contributed by atoms with van der Waals surface area (Å²) in [5.41, 5.74) is 15.8. The summed E-state index contributed by atoms with van der Waals surface area (Å²) in [6.07, 6.45) is 2.19. The fourth-order valence-corrected chi connectivity index (χ4v) is 12.2. The molecule has 0 fully saturated rings. The minimum Gasteiger partial charge on any atom is -0.309 e. The first-order valence-electron chi connectivity index (χ1n) is 23.7. The second-order valence-electron chi connectivity index (χ2n) is 21.2. The molecule has 0 atom stereocenters. The third-order valence-electron chi connectivity index (χ3n) is 15.4. The van der Waals surface area contributed by atoms with Crippen molar-refractivity contribution in [3.8, 4) is 16.8 Å². The van der Waals surface area contributed by atoms with Crippen LogP contribution in [0.15, 0.2) is 170 Å². The molecule has 6 heterocycles. The van der Waals surface area contributed by atoms with Crippen LogP contribution in [0.5, 0.6) is 0 Å². The van der Waals surface area contributed by atoms with Crippen molar-refractivity contribution in [3.05, 3.63) is 181 Å². The molecular weight excluding hydrogens is 813 g/mol. The third kappa shape index (κ3) is 4.74. The summed E-state index contributed by atoms with van der Waals surface area (Å²) in [7, 11) is 0. The number of nitrogens with zero attached hydrogens (tertiary/aromatic N) is 4. The predicted octanol–water partition coefficient (Wildman–Crippen LogP) is 17.0. The van der Waals surface area contributed by atoms with Gasteiger partial charge in [-0.25, -0.2) is 4.98 Å². The zero-order valence-electron chi connectivity index (χ0n) is 38.5. The molecule has 0 N–H and O–H groups in total. The molecule has 15 rings (SSSR count). The van der Waals surface area contributed by atoms with E-state index in [9.17, 15) is 0 Å². The van der Waals surface area contributed by atoms with E-state index in [-0.39, 0.29) is 10.8 Å². The Hall–Kier alpha value is -7.95. The lowest BCUT2D eigenvalue weighted by Crippen LogP contribution is -2.10. The van der Waals surface area contributed by atoms with Crippen molar-refractivity contribution in [1.29, 1.82) is 0 Å². The zero-order valence-corrected chi connectivity index (χ0v) is 38.5. The van der Waals surface area contributed by atoms with Gasteiger partial charge in [-0.1, -0.05) is 139 Å². The van der Waals surface area contributed by atoms with Gasteiger partial charge in [0.05, 0.1) is 44.8 Å². The molecule has 0 bridgehead atoms. The van der Waals surface area contributed by atoms with E-state index in [0.717, 1.165) is 16.9 Å². The van der Waals surface area contributed by atoms with E-state index in [1.165, 1.54) is 131 Å². The SMILES string of the molecule is CC(C)(C)c1ccc2c(c1)c1c3ccccc3cc3c4c5c6cc(C(C)(C)C)cc7c8cc9ccccc9c(-c9ccc%10c(c9)c9ccccc9n%10-c9ccccc9)c8n(c5cnc4n2c31)c76. The van der Waals surface area contributed by atoms with Crippen LogP contribution in [0.3, 0.4) is 0 Å². The van der Waals surface area contributed by atoms with Gasteiger partial charge in [-0.05, 0) is 116 Å². The van der Waals surface area contributed by atoms with Gasteiger partial charge in [0, 0.05) is 65.1 Å². The van der Waals surface area contributed by atoms with Crippen molar-refractivity contribution in [2.45, 2.75) is 52.4 Å². The van der Waals surface area contributed by atoms with Crippen LogP contribution in [0.4, 0.5) is 0 Å². The number of rotatable bonds is 2. The highest BCUT2D eigenvalue weighted by molar-refractivity contribution is 6.38. The summed E-state index contributed by atoms with van der Waals surface area (Å²) in [5.74, 6) is 0. The molecule has 9 aromatic carbocycles. The molecule has 318 valence electrons. The second kappa shape index (κ2) is 12.5. The molecule has 4 heteroatoms. The fourth-order valence-electron chi connectivity index (χ4n) is 12.2. The average Bonchev–Trinajstić information content (AvgIpc) is 4.12. The number of hydrogen-bond donors (Lipinski definition) is 0. The minimum atomic E-state index is -0.0851.